The molecular weight excluding hydrogens is 408 g/mol. The molecule has 4 rings (SSSR count). The largest absolute Gasteiger partial charge is 0.495 e. The second kappa shape index (κ2) is 9.27. The fourth-order valence-electron chi connectivity index (χ4n) is 3.66. The number of benzene rings is 3. The number of methoxy groups -OCH3 is 1. The van der Waals surface area contributed by atoms with E-state index in [4.69, 9.17) is 4.74 Å². The number of carbonyl (C=O) groups excluding carboxylic acids is 2. The Kier molecular flexibility index (Phi) is 6.28. The van der Waals surface area contributed by atoms with Crippen molar-refractivity contribution < 1.29 is 14.3 Å². The van der Waals surface area contributed by atoms with E-state index in [1.165, 1.54) is 17.3 Å². The molecule has 0 aliphatic carbocycles. The van der Waals surface area contributed by atoms with Crippen molar-refractivity contribution in [3.05, 3.63) is 89.5 Å². The van der Waals surface area contributed by atoms with Crippen LogP contribution in [0.25, 0.3) is 0 Å². The van der Waals surface area contributed by atoms with Gasteiger partial charge in [-0.3, -0.25) is 14.5 Å². The van der Waals surface area contributed by atoms with E-state index >= 15 is 0 Å². The molecule has 1 aliphatic rings. The number of nitrogens with one attached hydrogen (secondary N) is 1. The zero-order valence-electron chi connectivity index (χ0n) is 17.5. The second-order valence-electron chi connectivity index (χ2n) is 7.19. The van der Waals surface area contributed by atoms with Crippen LogP contribution < -0.4 is 15.0 Å². The number of anilines is 2. The molecular formula is C25H24N2O3S. The Morgan fingerprint density at radius 2 is 1.77 bits per heavy atom. The Bertz CT molecular complexity index is 1100. The number of para-hydroxylation sites is 3. The van der Waals surface area contributed by atoms with Gasteiger partial charge in [0.2, 0.25) is 5.91 Å². The molecule has 0 saturated carbocycles. The number of hydrogen-bond acceptors (Lipinski definition) is 4. The Morgan fingerprint density at radius 3 is 2.52 bits per heavy atom. The van der Waals surface area contributed by atoms with Crippen LogP contribution in [0, 0.1) is 0 Å². The quantitative estimate of drug-likeness (QED) is 0.575. The highest BCUT2D eigenvalue weighted by Crippen LogP contribution is 2.46. The maximum atomic E-state index is 12.9. The third kappa shape index (κ3) is 4.30. The van der Waals surface area contributed by atoms with Crippen LogP contribution in [-0.2, 0) is 11.2 Å². The molecule has 158 valence electrons. The summed E-state index contributed by atoms with van der Waals surface area (Å²) in [5.41, 5.74) is 4.08. The monoisotopic (exact) mass is 432 g/mol. The van der Waals surface area contributed by atoms with Crippen molar-refractivity contribution in [2.24, 2.45) is 0 Å². The van der Waals surface area contributed by atoms with Gasteiger partial charge in [-0.2, -0.15) is 0 Å². The van der Waals surface area contributed by atoms with Crippen molar-refractivity contribution in [3.8, 4) is 5.75 Å². The predicted molar refractivity (Wildman–Crippen MR) is 126 cm³/mol. The lowest BCUT2D eigenvalue weighted by atomic mass is 10.1. The molecule has 0 spiro atoms. The van der Waals surface area contributed by atoms with E-state index in [1.54, 1.807) is 12.0 Å². The zero-order valence-corrected chi connectivity index (χ0v) is 18.3. The molecule has 3 aromatic carbocycles. The first-order chi connectivity index (χ1) is 15.1. The van der Waals surface area contributed by atoms with Gasteiger partial charge >= 0.3 is 0 Å². The molecule has 1 N–H and O–H groups in total. The Labute approximate surface area is 186 Å². The normalized spacial score (nSPS) is 15.7. The number of thioether (sulfide) groups is 1. The van der Waals surface area contributed by atoms with E-state index in [0.717, 1.165) is 17.7 Å². The smallest absolute Gasteiger partial charge is 0.255 e. The summed E-state index contributed by atoms with van der Waals surface area (Å²) in [6, 6.07) is 22.7. The number of rotatable bonds is 6. The van der Waals surface area contributed by atoms with Crippen LogP contribution in [-0.4, -0.2) is 24.7 Å². The second-order valence-corrected chi connectivity index (χ2v) is 8.26. The average Bonchev–Trinajstić information content (AvgIpc) is 3.20. The van der Waals surface area contributed by atoms with Gasteiger partial charge in [-0.25, -0.2) is 0 Å². The van der Waals surface area contributed by atoms with Crippen LogP contribution in [0.5, 0.6) is 5.75 Å². The highest BCUT2D eigenvalue weighted by molar-refractivity contribution is 8.00. The van der Waals surface area contributed by atoms with Gasteiger partial charge in [0.15, 0.2) is 0 Å². The Hall–Kier alpha value is -3.25. The van der Waals surface area contributed by atoms with Gasteiger partial charge in [0, 0.05) is 16.8 Å². The minimum absolute atomic E-state index is 0.00999. The molecule has 3 aromatic rings. The lowest BCUT2D eigenvalue weighted by Gasteiger charge is -2.27. The van der Waals surface area contributed by atoms with E-state index in [2.05, 4.69) is 12.2 Å². The standard InChI is InChI=1S/C25H24N2O3S/c1-3-17-12-14-18(15-13-17)24(29)26-20-9-5-4-8-19(20)25-27(23(28)16-31-25)21-10-6-7-11-22(21)30-2/h4-15,25H,3,16H2,1-2H3,(H,26,29)/t25-/m1/s1. The third-order valence-corrected chi connectivity index (χ3v) is 6.51. The Balaban J connectivity index is 1.65. The van der Waals surface area contributed by atoms with E-state index in [9.17, 15) is 9.59 Å². The van der Waals surface area contributed by atoms with Crippen molar-refractivity contribution in [1.29, 1.82) is 0 Å². The molecule has 2 amide bonds. The van der Waals surface area contributed by atoms with Crippen molar-refractivity contribution in [1.82, 2.24) is 0 Å². The fourth-order valence-corrected chi connectivity index (χ4v) is 4.86. The predicted octanol–water partition coefficient (Wildman–Crippen LogP) is 5.29. The van der Waals surface area contributed by atoms with Crippen LogP contribution in [0.15, 0.2) is 72.8 Å². The van der Waals surface area contributed by atoms with Gasteiger partial charge < -0.3 is 10.1 Å². The lowest BCUT2D eigenvalue weighted by Crippen LogP contribution is -2.29. The molecule has 0 radical (unpaired) electrons. The summed E-state index contributed by atoms with van der Waals surface area (Å²) in [5, 5.41) is 2.77. The minimum atomic E-state index is -0.261. The number of amides is 2. The van der Waals surface area contributed by atoms with Gasteiger partial charge in [0.05, 0.1) is 18.6 Å². The van der Waals surface area contributed by atoms with Crippen LogP contribution in [0.3, 0.4) is 0 Å². The molecule has 6 heteroatoms. The van der Waals surface area contributed by atoms with Crippen LogP contribution in [0.4, 0.5) is 11.4 Å². The van der Waals surface area contributed by atoms with Gasteiger partial charge in [0.1, 0.15) is 11.1 Å². The minimum Gasteiger partial charge on any atom is -0.495 e. The topological polar surface area (TPSA) is 58.6 Å². The molecule has 0 aromatic heterocycles. The fraction of sp³-hybridized carbons (Fsp3) is 0.200. The first kappa shape index (κ1) is 21.0. The number of carbonyl (C=O) groups is 2. The number of aryl methyl sites for hydroxylation is 1. The van der Waals surface area contributed by atoms with E-state index in [-0.39, 0.29) is 17.2 Å². The zero-order chi connectivity index (χ0) is 21.8. The Morgan fingerprint density at radius 1 is 1.06 bits per heavy atom. The summed E-state index contributed by atoms with van der Waals surface area (Å²) < 4.78 is 5.49. The summed E-state index contributed by atoms with van der Waals surface area (Å²) in [5.74, 6) is 0.841. The maximum Gasteiger partial charge on any atom is 0.255 e. The van der Waals surface area contributed by atoms with Crippen molar-refractivity contribution in [2.45, 2.75) is 18.7 Å². The number of ether oxygens (including phenoxy) is 1. The number of hydrogen-bond donors (Lipinski definition) is 1. The van der Waals surface area contributed by atoms with Crippen LogP contribution in [0.1, 0.15) is 33.8 Å². The summed E-state index contributed by atoms with van der Waals surface area (Å²) in [6.07, 6.45) is 0.927. The van der Waals surface area contributed by atoms with Crippen LogP contribution in [0.2, 0.25) is 0 Å². The van der Waals surface area contributed by atoms with Crippen molar-refractivity contribution in [2.75, 3.05) is 23.1 Å². The molecule has 0 unspecified atom stereocenters. The summed E-state index contributed by atoms with van der Waals surface area (Å²) in [6.45, 7) is 2.08. The number of nitrogens with zero attached hydrogens (tertiary/aromatic N) is 1. The lowest BCUT2D eigenvalue weighted by molar-refractivity contribution is -0.115. The van der Waals surface area contributed by atoms with E-state index in [0.29, 0.717) is 22.8 Å². The molecule has 0 bridgehead atoms. The maximum absolute atomic E-state index is 12.9. The molecule has 1 atom stereocenters. The van der Waals surface area contributed by atoms with Gasteiger partial charge in [-0.05, 0) is 42.3 Å². The molecule has 1 fully saturated rings. The summed E-state index contributed by atoms with van der Waals surface area (Å²) in [7, 11) is 1.60. The first-order valence-electron chi connectivity index (χ1n) is 10.2. The van der Waals surface area contributed by atoms with Gasteiger partial charge in [-0.15, -0.1) is 11.8 Å². The van der Waals surface area contributed by atoms with Gasteiger partial charge in [-0.1, -0.05) is 49.4 Å². The summed E-state index contributed by atoms with van der Waals surface area (Å²) in [4.78, 5) is 27.4. The molecule has 1 heterocycles. The summed E-state index contributed by atoms with van der Waals surface area (Å²) >= 11 is 1.54. The van der Waals surface area contributed by atoms with E-state index in [1.807, 2.05) is 72.8 Å². The molecule has 1 saturated heterocycles. The van der Waals surface area contributed by atoms with E-state index < -0.39 is 0 Å². The highest BCUT2D eigenvalue weighted by atomic mass is 32.2. The van der Waals surface area contributed by atoms with Crippen molar-refractivity contribution in [3.63, 3.8) is 0 Å². The molecule has 1 aliphatic heterocycles. The third-order valence-electron chi connectivity index (χ3n) is 5.31. The first-order valence-corrected chi connectivity index (χ1v) is 11.2. The SMILES string of the molecule is CCc1ccc(C(=O)Nc2ccccc2[C@H]2SCC(=O)N2c2ccccc2OC)cc1. The molecule has 31 heavy (non-hydrogen) atoms. The highest BCUT2D eigenvalue weighted by Gasteiger charge is 2.36. The van der Waals surface area contributed by atoms with Gasteiger partial charge in [0.25, 0.3) is 5.91 Å². The molecule has 5 nitrogen and oxygen atoms in total. The van der Waals surface area contributed by atoms with Crippen molar-refractivity contribution >= 4 is 35.0 Å². The average molecular weight is 433 g/mol. The van der Waals surface area contributed by atoms with Crippen LogP contribution >= 0.6 is 11.8 Å².